The third kappa shape index (κ3) is 3.18. The molecule has 1 aromatic carbocycles. The lowest BCUT2D eigenvalue weighted by molar-refractivity contribution is -0.137. The molecular weight excluding hydrogens is 375 g/mol. The molecule has 0 aliphatic rings. The van der Waals surface area contributed by atoms with E-state index in [0.717, 1.165) is 10.9 Å². The Bertz CT molecular complexity index is 637. The highest BCUT2D eigenvalue weighted by atomic mass is 79.9. The first-order valence-electron chi connectivity index (χ1n) is 5.73. The van der Waals surface area contributed by atoms with E-state index in [1.54, 1.807) is 6.07 Å². The standard InChI is InChI=1S/C13H10BrClF3NS/c1-6(2)11-10(19-12(14)20-11)7-3-4-9(15)8(5-7)13(16,17)18/h3-6H,1-2H3. The molecule has 2 aromatic rings. The zero-order valence-corrected chi connectivity index (χ0v) is 13.7. The number of benzene rings is 1. The van der Waals surface area contributed by atoms with E-state index >= 15 is 0 Å². The van der Waals surface area contributed by atoms with Crippen LogP contribution in [0.4, 0.5) is 13.2 Å². The summed E-state index contributed by atoms with van der Waals surface area (Å²) in [6, 6.07) is 3.87. The maximum Gasteiger partial charge on any atom is 0.417 e. The summed E-state index contributed by atoms with van der Waals surface area (Å²) in [5.41, 5.74) is 0.155. The highest BCUT2D eigenvalue weighted by Crippen LogP contribution is 2.40. The molecule has 0 spiro atoms. The molecule has 1 aromatic heterocycles. The molecule has 0 N–H and O–H groups in total. The van der Waals surface area contributed by atoms with Crippen LogP contribution in [0.25, 0.3) is 11.3 Å². The van der Waals surface area contributed by atoms with Crippen LogP contribution < -0.4 is 0 Å². The van der Waals surface area contributed by atoms with Gasteiger partial charge in [0, 0.05) is 10.4 Å². The van der Waals surface area contributed by atoms with Crippen LogP contribution in [0.2, 0.25) is 5.02 Å². The summed E-state index contributed by atoms with van der Waals surface area (Å²) in [5.74, 6) is 0.179. The smallest absolute Gasteiger partial charge is 0.229 e. The molecule has 0 saturated carbocycles. The van der Waals surface area contributed by atoms with Crippen molar-refractivity contribution < 1.29 is 13.2 Å². The molecule has 7 heteroatoms. The van der Waals surface area contributed by atoms with Crippen molar-refractivity contribution in [1.29, 1.82) is 0 Å². The summed E-state index contributed by atoms with van der Waals surface area (Å²) in [5, 5.41) is -0.304. The lowest BCUT2D eigenvalue weighted by Gasteiger charge is -2.11. The molecule has 0 unspecified atom stereocenters. The monoisotopic (exact) mass is 383 g/mol. The molecule has 1 nitrogen and oxygen atoms in total. The Hall–Kier alpha value is -0.590. The topological polar surface area (TPSA) is 12.9 Å². The number of halogens is 5. The first kappa shape index (κ1) is 15.8. The van der Waals surface area contributed by atoms with Gasteiger partial charge in [0.15, 0.2) is 3.92 Å². The number of rotatable bonds is 2. The van der Waals surface area contributed by atoms with Crippen molar-refractivity contribution in [3.63, 3.8) is 0 Å². The summed E-state index contributed by atoms with van der Waals surface area (Å²) in [6.07, 6.45) is -4.47. The Balaban J connectivity index is 2.60. The van der Waals surface area contributed by atoms with Crippen LogP contribution in [0.15, 0.2) is 22.1 Å². The molecule has 0 amide bonds. The van der Waals surface area contributed by atoms with Gasteiger partial charge in [-0.2, -0.15) is 13.2 Å². The van der Waals surface area contributed by atoms with Crippen molar-refractivity contribution in [3.8, 4) is 11.3 Å². The van der Waals surface area contributed by atoms with Gasteiger partial charge >= 0.3 is 6.18 Å². The number of thiazole rings is 1. The molecule has 1 heterocycles. The summed E-state index contributed by atoms with van der Waals surface area (Å²) < 4.78 is 39.3. The quantitative estimate of drug-likeness (QED) is 0.586. The maximum absolute atomic E-state index is 12.9. The molecule has 2 rings (SSSR count). The van der Waals surface area contributed by atoms with Crippen LogP contribution in [-0.2, 0) is 6.18 Å². The Morgan fingerprint density at radius 3 is 2.50 bits per heavy atom. The van der Waals surface area contributed by atoms with E-state index in [1.807, 2.05) is 13.8 Å². The van der Waals surface area contributed by atoms with Gasteiger partial charge < -0.3 is 0 Å². The fraction of sp³-hybridized carbons (Fsp3) is 0.308. The molecular formula is C13H10BrClF3NS. The minimum atomic E-state index is -4.47. The van der Waals surface area contributed by atoms with Crippen molar-refractivity contribution >= 4 is 38.9 Å². The van der Waals surface area contributed by atoms with Crippen LogP contribution in [0.5, 0.6) is 0 Å². The number of nitrogens with zero attached hydrogens (tertiary/aromatic N) is 1. The van der Waals surface area contributed by atoms with Crippen molar-refractivity contribution in [2.75, 3.05) is 0 Å². The summed E-state index contributed by atoms with van der Waals surface area (Å²) >= 11 is 10.3. The largest absolute Gasteiger partial charge is 0.417 e. The zero-order chi connectivity index (χ0) is 15.1. The van der Waals surface area contributed by atoms with Crippen LogP contribution in [0.3, 0.4) is 0 Å². The normalized spacial score (nSPS) is 12.2. The van der Waals surface area contributed by atoms with Gasteiger partial charge in [0.1, 0.15) is 0 Å². The Kier molecular flexibility index (Phi) is 4.47. The zero-order valence-electron chi connectivity index (χ0n) is 10.6. The van der Waals surface area contributed by atoms with Gasteiger partial charge in [0.05, 0.1) is 16.3 Å². The summed E-state index contributed by atoms with van der Waals surface area (Å²) in [4.78, 5) is 5.22. The van der Waals surface area contributed by atoms with Gasteiger partial charge in [-0.15, -0.1) is 11.3 Å². The van der Waals surface area contributed by atoms with E-state index in [2.05, 4.69) is 20.9 Å². The Morgan fingerprint density at radius 2 is 1.95 bits per heavy atom. The van der Waals surface area contributed by atoms with Crippen molar-refractivity contribution in [1.82, 2.24) is 4.98 Å². The van der Waals surface area contributed by atoms with Gasteiger partial charge in [-0.3, -0.25) is 0 Å². The second-order valence-electron chi connectivity index (χ2n) is 4.53. The van der Waals surface area contributed by atoms with Gasteiger partial charge in [-0.05, 0) is 34.0 Å². The lowest BCUT2D eigenvalue weighted by Crippen LogP contribution is -2.06. The van der Waals surface area contributed by atoms with E-state index in [4.69, 9.17) is 11.6 Å². The third-order valence-electron chi connectivity index (χ3n) is 2.70. The lowest BCUT2D eigenvalue weighted by atomic mass is 10.0. The Morgan fingerprint density at radius 1 is 1.30 bits per heavy atom. The fourth-order valence-corrected chi connectivity index (χ4v) is 3.53. The molecule has 0 saturated heterocycles. The molecule has 0 atom stereocenters. The predicted octanol–water partition coefficient (Wildman–Crippen LogP) is 6.37. The molecule has 0 radical (unpaired) electrons. The predicted molar refractivity (Wildman–Crippen MR) is 79.4 cm³/mol. The highest BCUT2D eigenvalue weighted by Gasteiger charge is 2.33. The van der Waals surface area contributed by atoms with Crippen molar-refractivity contribution in [2.24, 2.45) is 0 Å². The van der Waals surface area contributed by atoms with E-state index in [-0.39, 0.29) is 10.9 Å². The van der Waals surface area contributed by atoms with E-state index < -0.39 is 11.7 Å². The summed E-state index contributed by atoms with van der Waals surface area (Å²) in [7, 11) is 0. The molecule has 20 heavy (non-hydrogen) atoms. The third-order valence-corrected chi connectivity index (χ3v) is 4.83. The first-order valence-corrected chi connectivity index (χ1v) is 7.72. The van der Waals surface area contributed by atoms with Crippen LogP contribution in [0.1, 0.15) is 30.2 Å². The number of hydrogen-bond acceptors (Lipinski definition) is 2. The summed E-state index contributed by atoms with van der Waals surface area (Å²) in [6.45, 7) is 3.95. The molecule has 0 bridgehead atoms. The SMILES string of the molecule is CC(C)c1sc(Br)nc1-c1ccc(Cl)c(C(F)(F)F)c1. The van der Waals surface area contributed by atoms with Gasteiger partial charge in [0.25, 0.3) is 0 Å². The molecule has 108 valence electrons. The second-order valence-corrected chi connectivity index (χ2v) is 7.24. The van der Waals surface area contributed by atoms with Crippen LogP contribution in [0, 0.1) is 0 Å². The van der Waals surface area contributed by atoms with Crippen LogP contribution in [-0.4, -0.2) is 4.98 Å². The van der Waals surface area contributed by atoms with E-state index in [9.17, 15) is 13.2 Å². The van der Waals surface area contributed by atoms with Crippen LogP contribution >= 0.6 is 38.9 Å². The van der Waals surface area contributed by atoms with Crippen molar-refractivity contribution in [3.05, 3.63) is 37.6 Å². The number of aromatic nitrogens is 1. The number of hydrogen-bond donors (Lipinski definition) is 0. The van der Waals surface area contributed by atoms with E-state index in [1.165, 1.54) is 17.4 Å². The minimum Gasteiger partial charge on any atom is -0.229 e. The highest BCUT2D eigenvalue weighted by molar-refractivity contribution is 9.11. The van der Waals surface area contributed by atoms with E-state index in [0.29, 0.717) is 15.2 Å². The van der Waals surface area contributed by atoms with Gasteiger partial charge in [0.2, 0.25) is 0 Å². The maximum atomic E-state index is 12.9. The molecule has 0 aliphatic carbocycles. The first-order chi connectivity index (χ1) is 9.20. The number of alkyl halides is 3. The average molecular weight is 385 g/mol. The Labute approximate surface area is 131 Å². The fourth-order valence-electron chi connectivity index (χ4n) is 1.79. The second kappa shape index (κ2) is 5.66. The molecule has 0 aliphatic heterocycles. The molecule has 0 fully saturated rings. The van der Waals surface area contributed by atoms with Gasteiger partial charge in [-0.1, -0.05) is 31.5 Å². The van der Waals surface area contributed by atoms with Crippen molar-refractivity contribution in [2.45, 2.75) is 25.9 Å². The minimum absolute atomic E-state index is 0.179. The van der Waals surface area contributed by atoms with Gasteiger partial charge in [-0.25, -0.2) is 4.98 Å². The average Bonchev–Trinajstić information content (AvgIpc) is 2.70.